The van der Waals surface area contributed by atoms with E-state index in [0.29, 0.717) is 16.1 Å². The molecule has 9 nitrogen and oxygen atoms in total. The largest absolute Gasteiger partial charge is 0.618 e. The number of nitrogens with one attached hydrogen (secondary N) is 1. The molecule has 2 aromatic carbocycles. The van der Waals surface area contributed by atoms with Crippen LogP contribution in [0.4, 0.5) is 11.4 Å². The average molecular weight is 429 g/mol. The molecular weight excluding hydrogens is 410 g/mol. The van der Waals surface area contributed by atoms with Crippen molar-refractivity contribution in [2.24, 2.45) is 0 Å². The first-order valence-corrected chi connectivity index (χ1v) is 10.3. The fraction of sp³-hybridized carbons (Fsp3) is 0.150. The Balaban J connectivity index is 1.95. The van der Waals surface area contributed by atoms with Gasteiger partial charge >= 0.3 is 5.69 Å². The van der Waals surface area contributed by atoms with Crippen LogP contribution < -0.4 is 14.2 Å². The molecule has 0 aliphatic heterocycles. The summed E-state index contributed by atoms with van der Waals surface area (Å²) in [5.41, 5.74) is 1.96. The molecule has 10 heteroatoms. The van der Waals surface area contributed by atoms with E-state index in [4.69, 9.17) is 4.74 Å². The minimum Gasteiger partial charge on any atom is -0.618 e. The lowest BCUT2D eigenvalue weighted by molar-refractivity contribution is -0.612. The first-order valence-electron chi connectivity index (χ1n) is 8.83. The number of nitro groups is 1. The van der Waals surface area contributed by atoms with E-state index in [9.17, 15) is 23.7 Å². The third-order valence-corrected chi connectivity index (χ3v) is 5.74. The highest BCUT2D eigenvalue weighted by Gasteiger charge is 2.24. The van der Waals surface area contributed by atoms with E-state index in [-0.39, 0.29) is 16.4 Å². The Morgan fingerprint density at radius 2 is 1.77 bits per heavy atom. The predicted octanol–water partition coefficient (Wildman–Crippen LogP) is 3.75. The summed E-state index contributed by atoms with van der Waals surface area (Å²) in [4.78, 5) is 10.5. The van der Waals surface area contributed by atoms with Gasteiger partial charge in [0, 0.05) is 19.1 Å². The first kappa shape index (κ1) is 21.1. The summed E-state index contributed by atoms with van der Waals surface area (Å²) >= 11 is 0. The van der Waals surface area contributed by atoms with Crippen molar-refractivity contribution in [3.63, 3.8) is 0 Å². The van der Waals surface area contributed by atoms with Gasteiger partial charge in [-0.15, -0.1) is 0 Å². The van der Waals surface area contributed by atoms with E-state index >= 15 is 0 Å². The highest BCUT2D eigenvalue weighted by molar-refractivity contribution is 7.92. The maximum absolute atomic E-state index is 12.7. The van der Waals surface area contributed by atoms with Crippen molar-refractivity contribution in [2.75, 3.05) is 4.72 Å². The van der Waals surface area contributed by atoms with Crippen molar-refractivity contribution in [2.45, 2.75) is 25.7 Å². The summed E-state index contributed by atoms with van der Waals surface area (Å²) in [5, 5.41) is 23.2. The highest BCUT2D eigenvalue weighted by atomic mass is 32.2. The van der Waals surface area contributed by atoms with Crippen molar-refractivity contribution in [1.29, 1.82) is 0 Å². The van der Waals surface area contributed by atoms with Crippen LogP contribution in [0.5, 0.6) is 11.5 Å². The van der Waals surface area contributed by atoms with Gasteiger partial charge in [0.1, 0.15) is 0 Å². The van der Waals surface area contributed by atoms with Crippen molar-refractivity contribution < 1.29 is 22.8 Å². The third kappa shape index (κ3) is 4.49. The topological polar surface area (TPSA) is 125 Å². The minimum absolute atomic E-state index is 0.0858. The molecular formula is C20H19N3O6S. The molecule has 3 aromatic rings. The maximum Gasteiger partial charge on any atom is 0.312 e. The van der Waals surface area contributed by atoms with Crippen molar-refractivity contribution in [1.82, 2.24) is 0 Å². The normalized spacial score (nSPS) is 11.2. The van der Waals surface area contributed by atoms with Crippen LogP contribution >= 0.6 is 0 Å². The molecule has 0 aliphatic rings. The van der Waals surface area contributed by atoms with Crippen molar-refractivity contribution >= 4 is 21.4 Å². The standard InChI is InChI=1S/C20H19N3O6S/c1-13-4-8-18(14(2)10-13)21-30(27,28)17-7-9-20(19(11-17)23(25)26)29-16-6-5-15(3)22(24)12-16/h4-12,21H,1-3H3. The third-order valence-electron chi connectivity index (χ3n) is 4.37. The molecule has 0 aliphatic carbocycles. The minimum atomic E-state index is -4.07. The number of hydrogen-bond acceptors (Lipinski definition) is 6. The lowest BCUT2D eigenvalue weighted by Crippen LogP contribution is -2.28. The van der Waals surface area contributed by atoms with Crippen LogP contribution in [0, 0.1) is 36.1 Å². The fourth-order valence-corrected chi connectivity index (χ4v) is 3.90. The lowest BCUT2D eigenvalue weighted by atomic mass is 10.1. The van der Waals surface area contributed by atoms with E-state index in [1.165, 1.54) is 24.3 Å². The fourth-order valence-electron chi connectivity index (χ4n) is 2.75. The number of nitro benzene ring substituents is 1. The molecule has 0 amide bonds. The summed E-state index contributed by atoms with van der Waals surface area (Å²) in [7, 11) is -4.07. The van der Waals surface area contributed by atoms with E-state index in [2.05, 4.69) is 4.72 Å². The van der Waals surface area contributed by atoms with E-state index < -0.39 is 20.6 Å². The van der Waals surface area contributed by atoms with Gasteiger partial charge in [-0.3, -0.25) is 14.8 Å². The van der Waals surface area contributed by atoms with Gasteiger partial charge in [0.25, 0.3) is 10.0 Å². The lowest BCUT2D eigenvalue weighted by Gasteiger charge is -2.12. The molecule has 0 saturated carbocycles. The highest BCUT2D eigenvalue weighted by Crippen LogP contribution is 2.33. The molecule has 0 unspecified atom stereocenters. The maximum atomic E-state index is 12.7. The number of aromatic nitrogens is 1. The van der Waals surface area contributed by atoms with Crippen molar-refractivity contribution in [3.05, 3.63) is 86.9 Å². The second-order valence-corrected chi connectivity index (χ2v) is 8.43. The molecule has 1 heterocycles. The van der Waals surface area contributed by atoms with Gasteiger partial charge in [-0.25, -0.2) is 8.42 Å². The van der Waals surface area contributed by atoms with Crippen LogP contribution in [0.2, 0.25) is 0 Å². The molecule has 1 N–H and O–H groups in total. The Labute approximate surface area is 173 Å². The molecule has 0 atom stereocenters. The number of hydrogen-bond donors (Lipinski definition) is 1. The van der Waals surface area contributed by atoms with Crippen LogP contribution in [0.3, 0.4) is 0 Å². The SMILES string of the molecule is Cc1ccc(NS(=O)(=O)c2ccc(Oc3ccc(C)[n+]([O-])c3)c([N+](=O)[O-])c2)c(C)c1. The summed E-state index contributed by atoms with van der Waals surface area (Å²) in [6.07, 6.45) is 1.13. The molecule has 3 rings (SSSR count). The Hall–Kier alpha value is -3.66. The van der Waals surface area contributed by atoms with Gasteiger partial charge in [0.15, 0.2) is 11.4 Å². The number of benzene rings is 2. The van der Waals surface area contributed by atoms with Gasteiger partial charge in [-0.1, -0.05) is 17.7 Å². The quantitative estimate of drug-likeness (QED) is 0.275. The van der Waals surface area contributed by atoms with Crippen LogP contribution in [-0.2, 0) is 10.0 Å². The molecule has 0 fully saturated rings. The number of ether oxygens (including phenoxy) is 1. The van der Waals surface area contributed by atoms with Gasteiger partial charge in [-0.2, -0.15) is 4.73 Å². The zero-order chi connectivity index (χ0) is 22.1. The molecule has 1 aromatic heterocycles. The molecule has 0 saturated heterocycles. The monoisotopic (exact) mass is 429 g/mol. The predicted molar refractivity (Wildman–Crippen MR) is 110 cm³/mol. The Bertz CT molecular complexity index is 1240. The Morgan fingerprint density at radius 1 is 1.03 bits per heavy atom. The summed E-state index contributed by atoms with van der Waals surface area (Å²) in [6.45, 7) is 5.24. The smallest absolute Gasteiger partial charge is 0.312 e. The first-order chi connectivity index (χ1) is 14.1. The van der Waals surface area contributed by atoms with E-state index in [1.807, 2.05) is 13.0 Å². The second-order valence-electron chi connectivity index (χ2n) is 6.74. The Morgan fingerprint density at radius 3 is 2.40 bits per heavy atom. The van der Waals surface area contributed by atoms with Gasteiger partial charge < -0.3 is 9.94 Å². The number of aryl methyl sites for hydroxylation is 3. The van der Waals surface area contributed by atoms with Gasteiger partial charge in [-0.05, 0) is 43.7 Å². The summed E-state index contributed by atoms with van der Waals surface area (Å²) in [6, 6.07) is 11.5. The molecule has 30 heavy (non-hydrogen) atoms. The number of anilines is 1. The zero-order valence-electron chi connectivity index (χ0n) is 16.4. The van der Waals surface area contributed by atoms with Crippen LogP contribution in [-0.4, -0.2) is 13.3 Å². The van der Waals surface area contributed by atoms with Crippen molar-refractivity contribution in [3.8, 4) is 11.5 Å². The Kier molecular flexibility index (Phi) is 5.61. The second kappa shape index (κ2) is 7.99. The van der Waals surface area contributed by atoms with E-state index in [0.717, 1.165) is 23.4 Å². The summed E-state index contributed by atoms with van der Waals surface area (Å²) < 4.78 is 33.9. The van der Waals surface area contributed by atoms with Gasteiger partial charge in [0.05, 0.1) is 15.5 Å². The summed E-state index contributed by atoms with van der Waals surface area (Å²) in [5.74, 6) is -0.1000. The van der Waals surface area contributed by atoms with E-state index in [1.54, 1.807) is 26.0 Å². The number of nitrogens with zero attached hydrogens (tertiary/aromatic N) is 2. The molecule has 0 radical (unpaired) electrons. The van der Waals surface area contributed by atoms with Crippen LogP contribution in [0.15, 0.2) is 59.6 Å². The number of sulfonamides is 1. The number of rotatable bonds is 6. The number of pyridine rings is 1. The average Bonchev–Trinajstić information content (AvgIpc) is 2.67. The molecule has 0 bridgehead atoms. The molecule has 0 spiro atoms. The zero-order valence-corrected chi connectivity index (χ0v) is 17.3. The van der Waals surface area contributed by atoms with Crippen LogP contribution in [0.25, 0.3) is 0 Å². The van der Waals surface area contributed by atoms with Gasteiger partial charge in [0.2, 0.25) is 11.9 Å². The molecule has 156 valence electrons. The van der Waals surface area contributed by atoms with Crippen LogP contribution in [0.1, 0.15) is 16.8 Å².